The van der Waals surface area contributed by atoms with E-state index in [1.165, 1.54) is 12.1 Å². The number of hydrogen-bond donors (Lipinski definition) is 0. The van der Waals surface area contributed by atoms with Gasteiger partial charge in [0.05, 0.1) is 4.90 Å². The maximum atomic E-state index is 13.5. The van der Waals surface area contributed by atoms with E-state index in [0.29, 0.717) is 18.8 Å². The van der Waals surface area contributed by atoms with Crippen LogP contribution in [0.5, 0.6) is 0 Å². The van der Waals surface area contributed by atoms with Crippen molar-refractivity contribution in [3.63, 3.8) is 0 Å². The van der Waals surface area contributed by atoms with Gasteiger partial charge in [-0.1, -0.05) is 58.4 Å². The Morgan fingerprint density at radius 1 is 1.11 bits per heavy atom. The van der Waals surface area contributed by atoms with Crippen molar-refractivity contribution in [3.05, 3.63) is 42.5 Å². The molecule has 1 aromatic rings. The SMILES string of the molecule is C=C[C@@]1(C)C[C@@H](OC(=O)COS(=O)(=O)c2ccc(C)cc2)[C@@]2(C)C3C(=O)CC[C@@]3(CC[C@H]2C)[C@@H](C)[C@@H]1C. The highest BCUT2D eigenvalue weighted by molar-refractivity contribution is 7.86. The molecule has 8 atom stereocenters. The minimum Gasteiger partial charge on any atom is -0.460 e. The molecule has 0 heterocycles. The van der Waals surface area contributed by atoms with Crippen molar-refractivity contribution in [1.82, 2.24) is 0 Å². The van der Waals surface area contributed by atoms with Crippen LogP contribution in [0.2, 0.25) is 0 Å². The standard InChI is InChI=1S/C30H42O6S/c1-8-28(6)17-25(36-26(32)18-35-37(33,34)23-11-9-19(2)10-12-23)29(7)20(3)13-15-30(22(5)21(28)4)16-14-24(31)27(29)30/h8-12,20-22,25,27H,1,13-18H2,2-7H3/t20-,21+,22+,25-,27?,28+,29+,30+/m1/s1. The average Bonchev–Trinajstić information content (AvgIpc) is 3.21. The maximum absolute atomic E-state index is 13.5. The number of Topliss-reactive ketones (excluding diaryl/α,β-unsaturated/α-hetero) is 1. The lowest BCUT2D eigenvalue weighted by Crippen LogP contribution is -2.61. The zero-order valence-electron chi connectivity index (χ0n) is 23.1. The molecule has 3 fully saturated rings. The Hall–Kier alpha value is -1.99. The Morgan fingerprint density at radius 3 is 2.38 bits per heavy atom. The largest absolute Gasteiger partial charge is 0.460 e. The zero-order valence-corrected chi connectivity index (χ0v) is 23.9. The summed E-state index contributed by atoms with van der Waals surface area (Å²) in [6.07, 6.45) is 5.34. The second-order valence-corrected chi connectivity index (χ2v) is 14.1. The van der Waals surface area contributed by atoms with Gasteiger partial charge in [-0.05, 0) is 73.3 Å². The highest BCUT2D eigenvalue weighted by Gasteiger charge is 2.67. The summed E-state index contributed by atoms with van der Waals surface area (Å²) in [5.41, 5.74) is -0.0842. The Kier molecular flexibility index (Phi) is 7.30. The van der Waals surface area contributed by atoms with Gasteiger partial charge >= 0.3 is 5.97 Å². The summed E-state index contributed by atoms with van der Waals surface area (Å²) in [6, 6.07) is 6.27. The van der Waals surface area contributed by atoms with E-state index >= 15 is 0 Å². The fourth-order valence-electron chi connectivity index (χ4n) is 7.91. The molecule has 37 heavy (non-hydrogen) atoms. The Labute approximate surface area is 222 Å². The van der Waals surface area contributed by atoms with Crippen LogP contribution >= 0.6 is 0 Å². The molecule has 204 valence electrons. The third-order valence-electron chi connectivity index (χ3n) is 10.9. The quantitative estimate of drug-likeness (QED) is 0.259. The lowest BCUT2D eigenvalue weighted by Gasteiger charge is -2.62. The van der Waals surface area contributed by atoms with Crippen molar-refractivity contribution in [2.75, 3.05) is 6.61 Å². The molecule has 3 aliphatic carbocycles. The molecule has 0 saturated heterocycles. The number of aryl methyl sites for hydroxylation is 1. The molecule has 1 unspecified atom stereocenters. The average molecular weight is 531 g/mol. The van der Waals surface area contributed by atoms with Crippen LogP contribution < -0.4 is 0 Å². The number of allylic oxidation sites excluding steroid dienone is 1. The first kappa shape index (κ1) is 28.0. The smallest absolute Gasteiger partial charge is 0.333 e. The highest BCUT2D eigenvalue weighted by atomic mass is 32.2. The van der Waals surface area contributed by atoms with Crippen LogP contribution in [0.4, 0.5) is 0 Å². The summed E-state index contributed by atoms with van der Waals surface area (Å²) >= 11 is 0. The molecule has 7 heteroatoms. The molecule has 0 spiro atoms. The van der Waals surface area contributed by atoms with E-state index in [9.17, 15) is 18.0 Å². The van der Waals surface area contributed by atoms with Crippen molar-refractivity contribution < 1.29 is 26.9 Å². The van der Waals surface area contributed by atoms with E-state index in [-0.39, 0.29) is 39.3 Å². The first-order valence-electron chi connectivity index (χ1n) is 13.5. The molecule has 6 nitrogen and oxygen atoms in total. The van der Waals surface area contributed by atoms with E-state index in [0.717, 1.165) is 24.8 Å². The summed E-state index contributed by atoms with van der Waals surface area (Å²) in [5.74, 6) is 0.0649. The second kappa shape index (κ2) is 9.64. The molecule has 1 aromatic carbocycles. The normalized spacial score (nSPS) is 39.8. The van der Waals surface area contributed by atoms with Gasteiger partial charge in [0.25, 0.3) is 10.1 Å². The van der Waals surface area contributed by atoms with Crippen molar-refractivity contribution in [2.24, 2.45) is 39.9 Å². The van der Waals surface area contributed by atoms with Crippen molar-refractivity contribution in [1.29, 1.82) is 0 Å². The lowest BCUT2D eigenvalue weighted by molar-refractivity contribution is -0.199. The third-order valence-corrected chi connectivity index (χ3v) is 12.1. The van der Waals surface area contributed by atoms with Gasteiger partial charge in [-0.2, -0.15) is 8.42 Å². The summed E-state index contributed by atoms with van der Waals surface area (Å²) in [5, 5.41) is 0. The summed E-state index contributed by atoms with van der Waals surface area (Å²) in [6.45, 7) is 16.3. The predicted molar refractivity (Wildman–Crippen MR) is 142 cm³/mol. The van der Waals surface area contributed by atoms with Crippen LogP contribution in [-0.2, 0) is 28.6 Å². The lowest BCUT2D eigenvalue weighted by atomic mass is 9.42. The van der Waals surface area contributed by atoms with E-state index in [4.69, 9.17) is 8.92 Å². The monoisotopic (exact) mass is 530 g/mol. The first-order chi connectivity index (χ1) is 17.2. The van der Waals surface area contributed by atoms with Crippen LogP contribution in [0.15, 0.2) is 41.8 Å². The third kappa shape index (κ3) is 4.50. The molecule has 4 rings (SSSR count). The number of carbonyl (C=O) groups excluding carboxylic acids is 2. The number of ketones is 1. The highest BCUT2D eigenvalue weighted by Crippen LogP contribution is 2.69. The number of rotatable bonds is 6. The number of benzene rings is 1. The van der Waals surface area contributed by atoms with Gasteiger partial charge in [0, 0.05) is 17.8 Å². The van der Waals surface area contributed by atoms with E-state index in [1.807, 2.05) is 13.0 Å². The molecular formula is C30H42O6S. The fraction of sp³-hybridized carbons (Fsp3) is 0.667. The fourth-order valence-corrected chi connectivity index (χ4v) is 8.76. The van der Waals surface area contributed by atoms with Gasteiger partial charge in [-0.3, -0.25) is 8.98 Å². The first-order valence-corrected chi connectivity index (χ1v) is 14.9. The summed E-state index contributed by atoms with van der Waals surface area (Å²) in [7, 11) is -4.11. The minimum atomic E-state index is -4.11. The second-order valence-electron chi connectivity index (χ2n) is 12.4. The van der Waals surface area contributed by atoms with Gasteiger partial charge in [-0.15, -0.1) is 6.58 Å². The number of hydrogen-bond acceptors (Lipinski definition) is 6. The Bertz CT molecular complexity index is 1170. The number of carbonyl (C=O) groups is 2. The molecule has 0 aliphatic heterocycles. The van der Waals surface area contributed by atoms with Gasteiger partial charge in [0.15, 0.2) is 6.61 Å². The molecule has 0 aromatic heterocycles. The van der Waals surface area contributed by atoms with Gasteiger partial charge in [0.2, 0.25) is 0 Å². The van der Waals surface area contributed by atoms with Crippen LogP contribution in [0.3, 0.4) is 0 Å². The van der Waals surface area contributed by atoms with Crippen molar-refractivity contribution in [3.8, 4) is 0 Å². The molecule has 3 saturated carbocycles. The van der Waals surface area contributed by atoms with E-state index in [1.54, 1.807) is 12.1 Å². The number of ether oxygens (including phenoxy) is 1. The predicted octanol–water partition coefficient (Wildman–Crippen LogP) is 5.88. The Morgan fingerprint density at radius 2 is 1.76 bits per heavy atom. The minimum absolute atomic E-state index is 0.00639. The van der Waals surface area contributed by atoms with Crippen LogP contribution in [0.25, 0.3) is 0 Å². The van der Waals surface area contributed by atoms with Gasteiger partial charge in [-0.25, -0.2) is 4.79 Å². The van der Waals surface area contributed by atoms with Crippen molar-refractivity contribution >= 4 is 21.9 Å². The zero-order chi connectivity index (χ0) is 27.4. The van der Waals surface area contributed by atoms with E-state index < -0.39 is 34.2 Å². The topological polar surface area (TPSA) is 86.7 Å². The van der Waals surface area contributed by atoms with Gasteiger partial charge in [0.1, 0.15) is 11.9 Å². The molecule has 0 radical (unpaired) electrons. The molecule has 2 bridgehead atoms. The van der Waals surface area contributed by atoms with Crippen LogP contribution in [0.1, 0.15) is 72.3 Å². The molecule has 0 N–H and O–H groups in total. The summed E-state index contributed by atoms with van der Waals surface area (Å²) in [4.78, 5) is 26.7. The van der Waals surface area contributed by atoms with Gasteiger partial charge < -0.3 is 4.74 Å². The molecule has 0 amide bonds. The van der Waals surface area contributed by atoms with Crippen molar-refractivity contribution in [2.45, 2.75) is 84.6 Å². The molecule has 3 aliphatic rings. The summed E-state index contributed by atoms with van der Waals surface area (Å²) < 4.78 is 36.6. The Balaban J connectivity index is 1.65. The maximum Gasteiger partial charge on any atom is 0.333 e. The molecular weight excluding hydrogens is 488 g/mol. The van der Waals surface area contributed by atoms with E-state index in [2.05, 4.69) is 41.2 Å². The van der Waals surface area contributed by atoms with Crippen LogP contribution in [-0.4, -0.2) is 32.9 Å². The van der Waals surface area contributed by atoms with Crippen LogP contribution in [0, 0.1) is 46.8 Å². The number of esters is 1.